The fourth-order valence-electron chi connectivity index (χ4n) is 1.97. The summed E-state index contributed by atoms with van der Waals surface area (Å²) in [6.07, 6.45) is 2.64. The molecule has 11 heteroatoms. The molecule has 9 nitrogen and oxygen atoms in total. The van der Waals surface area contributed by atoms with E-state index in [9.17, 15) is 24.8 Å². The molecule has 0 saturated carbocycles. The molecule has 0 radical (unpaired) electrons. The molecule has 1 aromatic carbocycles. The number of ether oxygens (including phenoxy) is 1. The Kier molecular flexibility index (Phi) is 5.80. The van der Waals surface area contributed by atoms with Crippen LogP contribution in [0.15, 0.2) is 24.6 Å². The van der Waals surface area contributed by atoms with Crippen LogP contribution in [0, 0.1) is 10.1 Å². The van der Waals surface area contributed by atoms with Crippen LogP contribution in [-0.2, 0) is 0 Å². The second kappa shape index (κ2) is 7.66. The van der Waals surface area contributed by atoms with E-state index in [0.717, 1.165) is 0 Å². The van der Waals surface area contributed by atoms with Crippen molar-refractivity contribution in [2.45, 2.75) is 6.92 Å². The number of nitrogens with zero attached hydrogens (tertiary/aromatic N) is 1. The molecule has 132 valence electrons. The smallest absolute Gasteiger partial charge is 0.357 e. The van der Waals surface area contributed by atoms with Gasteiger partial charge in [-0.2, -0.15) is 0 Å². The highest BCUT2D eigenvalue weighted by Gasteiger charge is 2.19. The van der Waals surface area contributed by atoms with E-state index in [1.165, 1.54) is 18.2 Å². The van der Waals surface area contributed by atoms with Crippen LogP contribution in [0.4, 0.5) is 5.69 Å². The zero-order valence-electron chi connectivity index (χ0n) is 12.6. The first-order chi connectivity index (χ1) is 11.8. The van der Waals surface area contributed by atoms with Crippen LogP contribution in [0.3, 0.4) is 0 Å². The molecule has 25 heavy (non-hydrogen) atoms. The maximum atomic E-state index is 11.6. The maximum Gasteiger partial charge on any atom is 0.357 e. The second-order valence-corrected chi connectivity index (χ2v) is 6.22. The lowest BCUT2D eigenvalue weighted by molar-refractivity contribution is -0.386. The number of rotatable bonds is 5. The van der Waals surface area contributed by atoms with E-state index in [4.69, 9.17) is 4.74 Å². The number of benzene rings is 1. The lowest BCUT2D eigenvalue weighted by atomic mass is 10.1. The molecule has 0 aliphatic rings. The average Bonchev–Trinajstić information content (AvgIpc) is 2.53. The molecule has 0 bridgehead atoms. The fraction of sp³-hybridized carbons (Fsp3) is 0.143. The third-order valence-electron chi connectivity index (χ3n) is 3.03. The van der Waals surface area contributed by atoms with E-state index < -0.39 is 21.9 Å². The van der Waals surface area contributed by atoms with Crippen molar-refractivity contribution in [2.75, 3.05) is 6.61 Å². The summed E-state index contributed by atoms with van der Waals surface area (Å²) >= 11 is 6.49. The summed E-state index contributed by atoms with van der Waals surface area (Å²) in [6.45, 7) is 2.06. The van der Waals surface area contributed by atoms with Gasteiger partial charge in [0, 0.05) is 4.47 Å². The topological polar surface area (TPSA) is 138 Å². The Balaban J connectivity index is 2.59. The number of aromatic hydroxyl groups is 1. The van der Waals surface area contributed by atoms with Gasteiger partial charge in [0.25, 0.3) is 0 Å². The molecule has 0 aliphatic heterocycles. The number of nitro groups is 1. The first-order valence-corrected chi connectivity index (χ1v) is 8.37. The van der Waals surface area contributed by atoms with Gasteiger partial charge < -0.3 is 14.8 Å². The number of H-pyrrole nitrogens is 2. The van der Waals surface area contributed by atoms with Crippen LogP contribution in [0.2, 0.25) is 0 Å². The van der Waals surface area contributed by atoms with Crippen molar-refractivity contribution in [1.82, 2.24) is 9.97 Å². The van der Waals surface area contributed by atoms with Gasteiger partial charge in [-0.05, 0) is 56.5 Å². The minimum atomic E-state index is -1.10. The molecular formula is C14H11Br2N3O6. The number of hydrogen-bond donors (Lipinski definition) is 3. The maximum absolute atomic E-state index is 11.6. The molecule has 3 N–H and O–H groups in total. The number of phenolic OH excluding ortho intramolecular Hbond substituents is 1. The Morgan fingerprint density at radius 3 is 2.56 bits per heavy atom. The van der Waals surface area contributed by atoms with Crippen LogP contribution in [0.25, 0.3) is 12.2 Å². The number of aromatic nitrogens is 2. The molecule has 2 aromatic rings. The molecule has 0 saturated heterocycles. The number of hydrogen-bond acceptors (Lipinski definition) is 6. The van der Waals surface area contributed by atoms with Gasteiger partial charge in [0.05, 0.1) is 16.0 Å². The van der Waals surface area contributed by atoms with Crippen LogP contribution < -0.4 is 16.0 Å². The molecule has 0 fully saturated rings. The zero-order chi connectivity index (χ0) is 18.7. The molecule has 1 aromatic heterocycles. The fourth-order valence-corrected chi connectivity index (χ4v) is 2.83. The standard InChI is InChI=1S/C14H11Br2N3O6/c1-2-25-8-5-6(9(15)10(16)12(8)20)3-4-7-11(19(23)24)13(21)18-14(22)17-7/h3-5,20H,2H2,1H3,(H2,17,18,21,22)/b4-3+. The summed E-state index contributed by atoms with van der Waals surface area (Å²) in [4.78, 5) is 37.1. The van der Waals surface area contributed by atoms with Crippen molar-refractivity contribution < 1.29 is 14.8 Å². The minimum absolute atomic E-state index is 0.110. The Morgan fingerprint density at radius 2 is 1.96 bits per heavy atom. The van der Waals surface area contributed by atoms with E-state index in [2.05, 4.69) is 36.8 Å². The number of phenols is 1. The van der Waals surface area contributed by atoms with Crippen molar-refractivity contribution in [2.24, 2.45) is 0 Å². The largest absolute Gasteiger partial charge is 0.503 e. The summed E-state index contributed by atoms with van der Waals surface area (Å²) < 4.78 is 6.09. The third kappa shape index (κ3) is 3.99. The Hall–Kier alpha value is -2.40. The summed E-state index contributed by atoms with van der Waals surface area (Å²) in [5.74, 6) is 0.0903. The quantitative estimate of drug-likeness (QED) is 0.448. The van der Waals surface area contributed by atoms with Crippen molar-refractivity contribution in [3.63, 3.8) is 0 Å². The second-order valence-electron chi connectivity index (χ2n) is 4.63. The van der Waals surface area contributed by atoms with Gasteiger partial charge in [-0.3, -0.25) is 19.9 Å². The number of nitrogens with one attached hydrogen (secondary N) is 2. The van der Waals surface area contributed by atoms with Gasteiger partial charge in [-0.15, -0.1) is 0 Å². The van der Waals surface area contributed by atoms with Gasteiger partial charge in [0.15, 0.2) is 11.5 Å². The average molecular weight is 477 g/mol. The Morgan fingerprint density at radius 1 is 1.28 bits per heavy atom. The van der Waals surface area contributed by atoms with Crippen molar-refractivity contribution >= 4 is 49.7 Å². The lowest BCUT2D eigenvalue weighted by Gasteiger charge is -2.11. The van der Waals surface area contributed by atoms with E-state index in [-0.39, 0.29) is 17.2 Å². The van der Waals surface area contributed by atoms with Crippen molar-refractivity contribution in [3.05, 3.63) is 57.2 Å². The van der Waals surface area contributed by atoms with Gasteiger partial charge >= 0.3 is 16.9 Å². The van der Waals surface area contributed by atoms with Crippen molar-refractivity contribution in [3.8, 4) is 11.5 Å². The summed E-state index contributed by atoms with van der Waals surface area (Å²) in [5, 5.41) is 21.0. The highest BCUT2D eigenvalue weighted by molar-refractivity contribution is 9.13. The summed E-state index contributed by atoms with van der Waals surface area (Å²) in [7, 11) is 0. The minimum Gasteiger partial charge on any atom is -0.503 e. The first kappa shape index (κ1) is 18.9. The van der Waals surface area contributed by atoms with E-state index in [1.54, 1.807) is 11.9 Å². The van der Waals surface area contributed by atoms with Crippen molar-refractivity contribution in [1.29, 1.82) is 0 Å². The van der Waals surface area contributed by atoms with Crippen LogP contribution >= 0.6 is 31.9 Å². The predicted octanol–water partition coefficient (Wildman–Crippen LogP) is 2.77. The predicted molar refractivity (Wildman–Crippen MR) is 97.9 cm³/mol. The highest BCUT2D eigenvalue weighted by Crippen LogP contribution is 2.42. The monoisotopic (exact) mass is 475 g/mol. The highest BCUT2D eigenvalue weighted by atomic mass is 79.9. The molecule has 2 rings (SSSR count). The van der Waals surface area contributed by atoms with E-state index in [1.807, 2.05) is 0 Å². The molecule has 0 amide bonds. The van der Waals surface area contributed by atoms with Gasteiger partial charge in [0.2, 0.25) is 0 Å². The van der Waals surface area contributed by atoms with Crippen LogP contribution in [0.1, 0.15) is 18.2 Å². The van der Waals surface area contributed by atoms with Crippen LogP contribution in [0.5, 0.6) is 11.5 Å². The summed E-state index contributed by atoms with van der Waals surface area (Å²) in [5.41, 5.74) is -2.52. The van der Waals surface area contributed by atoms with E-state index in [0.29, 0.717) is 21.1 Å². The molecule has 0 aliphatic carbocycles. The van der Waals surface area contributed by atoms with Gasteiger partial charge in [0.1, 0.15) is 5.69 Å². The Bertz CT molecular complexity index is 980. The molecular weight excluding hydrogens is 466 g/mol. The summed E-state index contributed by atoms with van der Waals surface area (Å²) in [6, 6.07) is 1.50. The SMILES string of the molecule is CCOc1cc(/C=C/c2[nH]c(=O)[nH]c(=O)c2[N+](=O)[O-])c(Br)c(Br)c1O. The lowest BCUT2D eigenvalue weighted by Crippen LogP contribution is -2.25. The molecule has 0 unspecified atom stereocenters. The number of aromatic amines is 2. The Labute approximate surface area is 156 Å². The molecule has 0 atom stereocenters. The zero-order valence-corrected chi connectivity index (χ0v) is 15.8. The normalized spacial score (nSPS) is 11.0. The number of halogens is 2. The first-order valence-electron chi connectivity index (χ1n) is 6.79. The van der Waals surface area contributed by atoms with Crippen LogP contribution in [-0.4, -0.2) is 26.6 Å². The van der Waals surface area contributed by atoms with Gasteiger partial charge in [-0.1, -0.05) is 6.08 Å². The van der Waals surface area contributed by atoms with Gasteiger partial charge in [-0.25, -0.2) is 4.79 Å². The molecule has 1 heterocycles. The third-order valence-corrected chi connectivity index (χ3v) is 5.19. The molecule has 0 spiro atoms. The van der Waals surface area contributed by atoms with E-state index >= 15 is 0 Å².